The molecule has 2 N–H and O–H groups in total. The Morgan fingerprint density at radius 1 is 1.27 bits per heavy atom. The third-order valence-corrected chi connectivity index (χ3v) is 7.78. The van der Waals surface area contributed by atoms with Crippen LogP contribution in [-0.4, -0.2) is 42.2 Å². The van der Waals surface area contributed by atoms with Crippen LogP contribution in [0, 0.1) is 17.2 Å². The number of aromatic nitrogens is 1. The van der Waals surface area contributed by atoms with E-state index in [-0.39, 0.29) is 28.2 Å². The highest BCUT2D eigenvalue weighted by Gasteiger charge is 2.58. The summed E-state index contributed by atoms with van der Waals surface area (Å²) in [6.07, 6.45) is 4.79. The molecule has 2 aromatic rings. The molecule has 222 valence electrons. The number of hydrogen-bond acceptors (Lipinski definition) is 5. The Kier molecular flexibility index (Phi) is 10.7. The van der Waals surface area contributed by atoms with Gasteiger partial charge >= 0.3 is 5.97 Å². The van der Waals surface area contributed by atoms with Crippen LogP contribution in [0.1, 0.15) is 62.7 Å². The molecule has 1 saturated heterocycles. The molecule has 0 radical (unpaired) electrons. The molecule has 0 spiro atoms. The van der Waals surface area contributed by atoms with Crippen LogP contribution in [0.5, 0.6) is 0 Å². The molecule has 1 aliphatic heterocycles. The van der Waals surface area contributed by atoms with Crippen molar-refractivity contribution in [3.8, 4) is 0 Å². The minimum Gasteiger partial charge on any atom is -0.464 e. The number of carbonyl (C=O) groups excluding carboxylic acids is 2. The van der Waals surface area contributed by atoms with E-state index >= 15 is 8.78 Å². The highest BCUT2D eigenvalue weighted by atomic mass is 35.5. The molecule has 1 amide bonds. The van der Waals surface area contributed by atoms with Gasteiger partial charge in [0.05, 0.1) is 13.2 Å². The van der Waals surface area contributed by atoms with Crippen molar-refractivity contribution in [2.24, 2.45) is 11.3 Å². The number of pyridine rings is 1. The Balaban J connectivity index is 2.02. The third kappa shape index (κ3) is 7.93. The van der Waals surface area contributed by atoms with E-state index in [1.807, 2.05) is 20.8 Å². The lowest BCUT2D eigenvalue weighted by atomic mass is 9.63. The number of allylic oxidation sites excluding steroid dienone is 4. The Morgan fingerprint density at radius 3 is 2.54 bits per heavy atom. The highest BCUT2D eigenvalue weighted by molar-refractivity contribution is 6.30. The molecule has 2 heterocycles. The van der Waals surface area contributed by atoms with E-state index in [1.54, 1.807) is 38.1 Å². The molecular weight excluding hydrogens is 571 g/mol. The number of nitrogens with zero attached hydrogens (tertiary/aromatic N) is 1. The van der Waals surface area contributed by atoms with Crippen molar-refractivity contribution < 1.29 is 23.1 Å². The average Bonchev–Trinajstić information content (AvgIpc) is 3.17. The van der Waals surface area contributed by atoms with E-state index in [9.17, 15) is 9.59 Å². The van der Waals surface area contributed by atoms with Crippen molar-refractivity contribution in [2.75, 3.05) is 7.11 Å². The minimum absolute atomic E-state index is 0.0924. The molecule has 41 heavy (non-hydrogen) atoms. The summed E-state index contributed by atoms with van der Waals surface area (Å²) in [5, 5.41) is 6.93. The van der Waals surface area contributed by atoms with Crippen LogP contribution in [0.2, 0.25) is 5.02 Å². The Bertz CT molecular complexity index is 1310. The predicted molar refractivity (Wildman–Crippen MR) is 158 cm³/mol. The van der Waals surface area contributed by atoms with Gasteiger partial charge in [-0.1, -0.05) is 75.2 Å². The molecule has 6 nitrogen and oxygen atoms in total. The zero-order valence-electron chi connectivity index (χ0n) is 24.1. The summed E-state index contributed by atoms with van der Waals surface area (Å²) in [5.74, 6) is -2.55. The molecule has 1 aromatic carbocycles. The number of nitrogens with one attached hydrogen (secondary N) is 2. The van der Waals surface area contributed by atoms with Gasteiger partial charge in [0.1, 0.15) is 17.7 Å². The molecule has 1 aromatic heterocycles. The summed E-state index contributed by atoms with van der Waals surface area (Å²) < 4.78 is 36.5. The van der Waals surface area contributed by atoms with Crippen LogP contribution in [0.25, 0.3) is 0 Å². The van der Waals surface area contributed by atoms with Crippen LogP contribution < -0.4 is 10.6 Å². The summed E-state index contributed by atoms with van der Waals surface area (Å²) in [5.41, 5.74) is -0.286. The van der Waals surface area contributed by atoms with Crippen molar-refractivity contribution >= 4 is 35.1 Å². The summed E-state index contributed by atoms with van der Waals surface area (Å²) in [4.78, 5) is 29.4. The first-order chi connectivity index (χ1) is 19.2. The van der Waals surface area contributed by atoms with Crippen molar-refractivity contribution in [1.29, 1.82) is 0 Å². The summed E-state index contributed by atoms with van der Waals surface area (Å²) in [6, 6.07) is 6.08. The van der Waals surface area contributed by atoms with Gasteiger partial charge in [0.2, 0.25) is 5.91 Å². The molecular formula is C31H37Cl2F2N3O3. The van der Waals surface area contributed by atoms with E-state index < -0.39 is 47.3 Å². The lowest BCUT2D eigenvalue weighted by molar-refractivity contribution is -0.124. The van der Waals surface area contributed by atoms with E-state index in [0.29, 0.717) is 17.0 Å². The molecule has 2 unspecified atom stereocenters. The molecule has 1 fully saturated rings. The molecule has 0 aliphatic carbocycles. The second-order valence-corrected chi connectivity index (χ2v) is 12.8. The lowest BCUT2D eigenvalue weighted by Gasteiger charge is -2.40. The van der Waals surface area contributed by atoms with Crippen molar-refractivity contribution in [2.45, 2.75) is 71.3 Å². The standard InChI is InChI=1S/C31H37Cl2F2N3O3/c1-18(32)8-7-9-22(34)26-27(28(39)37-17-19-10-13-24(36-16-19)29(40)41-6)38-25(15-30(2,3)4)31(26,5)21-12-11-20(33)14-23(21)35/h7-14,16,22,25-27,38H,15,17H2,1-6H3,(H,37,39)/b9-7-,18-8+/t22?,25-,26?,27+,31-/m0/s1. The topological polar surface area (TPSA) is 80.3 Å². The van der Waals surface area contributed by atoms with Gasteiger partial charge in [-0.25, -0.2) is 18.6 Å². The number of rotatable bonds is 9. The molecule has 5 atom stereocenters. The van der Waals surface area contributed by atoms with Crippen molar-refractivity contribution in [1.82, 2.24) is 15.6 Å². The number of halogens is 4. The van der Waals surface area contributed by atoms with Gasteiger partial charge in [0.15, 0.2) is 0 Å². The number of alkyl halides is 1. The maximum atomic E-state index is 16.3. The Hall–Kier alpha value is -2.81. The molecule has 10 heteroatoms. The maximum absolute atomic E-state index is 16.3. The Labute approximate surface area is 250 Å². The highest BCUT2D eigenvalue weighted by Crippen LogP contribution is 2.49. The van der Waals surface area contributed by atoms with E-state index in [1.165, 1.54) is 37.6 Å². The number of esters is 1. The minimum atomic E-state index is -1.63. The second kappa shape index (κ2) is 13.4. The average molecular weight is 609 g/mol. The summed E-state index contributed by atoms with van der Waals surface area (Å²) in [6.45, 7) is 9.70. The first-order valence-electron chi connectivity index (χ1n) is 13.3. The van der Waals surface area contributed by atoms with E-state index in [0.717, 1.165) is 0 Å². The molecule has 0 bridgehead atoms. The smallest absolute Gasteiger partial charge is 0.356 e. The van der Waals surface area contributed by atoms with Gasteiger partial charge in [-0.3, -0.25) is 4.79 Å². The van der Waals surface area contributed by atoms with Crippen LogP contribution in [-0.2, 0) is 21.5 Å². The predicted octanol–water partition coefficient (Wildman–Crippen LogP) is 6.66. The van der Waals surface area contributed by atoms with E-state index in [4.69, 9.17) is 23.2 Å². The van der Waals surface area contributed by atoms with Crippen LogP contribution in [0.15, 0.2) is 59.8 Å². The van der Waals surface area contributed by atoms with Gasteiger partial charge in [0.25, 0.3) is 0 Å². The largest absolute Gasteiger partial charge is 0.464 e. The van der Waals surface area contributed by atoms with Gasteiger partial charge in [-0.15, -0.1) is 0 Å². The fraction of sp³-hybridized carbons (Fsp3) is 0.452. The number of methoxy groups -OCH3 is 1. The number of amides is 1. The normalized spacial score (nSPS) is 24.0. The van der Waals surface area contributed by atoms with Gasteiger partial charge < -0.3 is 15.4 Å². The SMILES string of the molecule is COC(=O)c1ccc(CNC(=O)[C@@H]2N[C@@H](CC(C)(C)C)[C@](C)(c3ccc(Cl)cc3F)C2C(F)/C=C\C=C(/C)Cl)cn1. The third-order valence-electron chi connectivity index (χ3n) is 7.42. The number of ether oxygens (including phenoxy) is 1. The Morgan fingerprint density at radius 2 is 1.98 bits per heavy atom. The number of hydrogen-bond donors (Lipinski definition) is 2. The van der Waals surface area contributed by atoms with Gasteiger partial charge in [0, 0.05) is 40.2 Å². The van der Waals surface area contributed by atoms with Crippen LogP contribution >= 0.6 is 23.2 Å². The van der Waals surface area contributed by atoms with Crippen LogP contribution in [0.4, 0.5) is 8.78 Å². The lowest BCUT2D eigenvalue weighted by Crippen LogP contribution is -2.48. The van der Waals surface area contributed by atoms with Crippen molar-refractivity contribution in [3.63, 3.8) is 0 Å². The summed E-state index contributed by atoms with van der Waals surface area (Å²) in [7, 11) is 1.26. The van der Waals surface area contributed by atoms with E-state index in [2.05, 4.69) is 20.4 Å². The molecule has 3 rings (SSSR count). The first-order valence-corrected chi connectivity index (χ1v) is 14.1. The maximum Gasteiger partial charge on any atom is 0.356 e. The zero-order chi connectivity index (χ0) is 30.5. The van der Waals surface area contributed by atoms with Crippen LogP contribution in [0.3, 0.4) is 0 Å². The quantitative estimate of drug-likeness (QED) is 0.246. The fourth-order valence-electron chi connectivity index (χ4n) is 5.47. The molecule has 1 aliphatic rings. The monoisotopic (exact) mass is 607 g/mol. The zero-order valence-corrected chi connectivity index (χ0v) is 25.6. The number of carbonyl (C=O) groups is 2. The fourth-order valence-corrected chi connectivity index (χ4v) is 5.70. The molecule has 0 saturated carbocycles. The van der Waals surface area contributed by atoms with Gasteiger partial charge in [-0.05, 0) is 54.2 Å². The summed E-state index contributed by atoms with van der Waals surface area (Å²) >= 11 is 12.0. The first kappa shape index (κ1) is 32.7. The number of benzene rings is 1. The van der Waals surface area contributed by atoms with Crippen molar-refractivity contribution in [3.05, 3.63) is 87.4 Å². The second-order valence-electron chi connectivity index (χ2n) is 11.7. The van der Waals surface area contributed by atoms with Gasteiger partial charge in [-0.2, -0.15) is 0 Å².